The fraction of sp³-hybridized carbons (Fsp3) is 0.429. The minimum Gasteiger partial charge on any atom is -0.355 e. The molecule has 0 aromatic carbocycles. The van der Waals surface area contributed by atoms with Crippen LogP contribution in [0, 0.1) is 0 Å². The van der Waals surface area contributed by atoms with Gasteiger partial charge in [-0.2, -0.15) is 0 Å². The van der Waals surface area contributed by atoms with Crippen molar-refractivity contribution in [2.45, 2.75) is 6.17 Å². The minimum absolute atomic E-state index is 0.108. The molecular weight excluding hydrogens is 253 g/mol. The normalized spacial score (nSPS) is 28.9. The van der Waals surface area contributed by atoms with Gasteiger partial charge >= 0.3 is 0 Å². The number of hydrogen-bond donors (Lipinski definition) is 2. The third kappa shape index (κ3) is 1.37. The summed E-state index contributed by atoms with van der Waals surface area (Å²) in [5.41, 5.74) is 5.72. The van der Waals surface area contributed by atoms with Crippen LogP contribution in [0.15, 0.2) is 21.6 Å². The van der Waals surface area contributed by atoms with Gasteiger partial charge in [-0.1, -0.05) is 0 Å². The molecule has 0 bridgehead atoms. The number of fused-ring (bicyclic) bond motifs is 1. The monoisotopic (exact) mass is 263 g/mol. The standard InChI is InChI=1S/C7H10IN3/c8-5-1-2-7-10-6(9)4-11(7)3-5/h1-2,6,10H,3-4,9H2. The van der Waals surface area contributed by atoms with Crippen molar-refractivity contribution >= 4 is 22.6 Å². The molecule has 4 heteroatoms. The second-order valence-electron chi connectivity index (χ2n) is 2.80. The van der Waals surface area contributed by atoms with Gasteiger partial charge in [0.05, 0.1) is 19.3 Å². The molecule has 2 aliphatic rings. The van der Waals surface area contributed by atoms with E-state index in [4.69, 9.17) is 5.73 Å². The van der Waals surface area contributed by atoms with Crippen molar-refractivity contribution in [1.82, 2.24) is 10.2 Å². The van der Waals surface area contributed by atoms with Gasteiger partial charge in [0.2, 0.25) is 0 Å². The molecule has 3 nitrogen and oxygen atoms in total. The number of allylic oxidation sites excluding steroid dienone is 2. The van der Waals surface area contributed by atoms with Crippen LogP contribution in [0.5, 0.6) is 0 Å². The summed E-state index contributed by atoms with van der Waals surface area (Å²) < 4.78 is 1.36. The van der Waals surface area contributed by atoms with Crippen molar-refractivity contribution in [3.8, 4) is 0 Å². The summed E-state index contributed by atoms with van der Waals surface area (Å²) in [5.74, 6) is 1.16. The van der Waals surface area contributed by atoms with Crippen LogP contribution in [-0.2, 0) is 0 Å². The van der Waals surface area contributed by atoms with E-state index < -0.39 is 0 Å². The zero-order chi connectivity index (χ0) is 7.84. The molecule has 2 aliphatic heterocycles. The predicted molar refractivity (Wildman–Crippen MR) is 52.9 cm³/mol. The van der Waals surface area contributed by atoms with Gasteiger partial charge in [-0.25, -0.2) is 0 Å². The van der Waals surface area contributed by atoms with Crippen molar-refractivity contribution in [2.24, 2.45) is 5.73 Å². The maximum atomic E-state index is 5.72. The van der Waals surface area contributed by atoms with Gasteiger partial charge in [0, 0.05) is 3.58 Å². The summed E-state index contributed by atoms with van der Waals surface area (Å²) in [4.78, 5) is 2.26. The highest BCUT2D eigenvalue weighted by molar-refractivity contribution is 14.1. The summed E-state index contributed by atoms with van der Waals surface area (Å²) in [7, 11) is 0. The molecule has 1 fully saturated rings. The average Bonchev–Trinajstić information content (AvgIpc) is 2.27. The van der Waals surface area contributed by atoms with Crippen LogP contribution in [0.1, 0.15) is 0 Å². The van der Waals surface area contributed by atoms with E-state index >= 15 is 0 Å². The van der Waals surface area contributed by atoms with Crippen LogP contribution in [0.4, 0.5) is 0 Å². The van der Waals surface area contributed by atoms with Gasteiger partial charge in [0.1, 0.15) is 5.82 Å². The average molecular weight is 263 g/mol. The molecule has 3 N–H and O–H groups in total. The Balaban J connectivity index is 2.18. The van der Waals surface area contributed by atoms with E-state index in [2.05, 4.69) is 45.0 Å². The lowest BCUT2D eigenvalue weighted by molar-refractivity contribution is 0.419. The van der Waals surface area contributed by atoms with Crippen LogP contribution in [0.3, 0.4) is 0 Å². The Hall–Kier alpha value is -0.230. The summed E-state index contributed by atoms with van der Waals surface area (Å²) in [6.45, 7) is 1.93. The summed E-state index contributed by atoms with van der Waals surface area (Å²) in [6, 6.07) is 0. The number of nitrogens with two attached hydrogens (primary N) is 1. The predicted octanol–water partition coefficient (Wildman–Crippen LogP) is 0.350. The Bertz CT molecular complexity index is 234. The van der Waals surface area contributed by atoms with E-state index in [1.807, 2.05) is 0 Å². The number of halogens is 1. The summed E-state index contributed by atoms with van der Waals surface area (Å²) in [6.07, 6.45) is 4.31. The minimum atomic E-state index is 0.108. The number of nitrogens with one attached hydrogen (secondary N) is 1. The molecule has 0 radical (unpaired) electrons. The molecule has 1 unspecified atom stereocenters. The molecular formula is C7H10IN3. The summed E-state index contributed by atoms with van der Waals surface area (Å²) in [5, 5.41) is 3.19. The third-order valence-corrected chi connectivity index (χ3v) is 2.56. The largest absolute Gasteiger partial charge is 0.355 e. The fourth-order valence-electron chi connectivity index (χ4n) is 1.37. The van der Waals surface area contributed by atoms with Crippen LogP contribution in [-0.4, -0.2) is 24.2 Å². The number of hydrogen-bond acceptors (Lipinski definition) is 3. The van der Waals surface area contributed by atoms with Crippen LogP contribution < -0.4 is 11.1 Å². The van der Waals surface area contributed by atoms with Gasteiger partial charge < -0.3 is 16.0 Å². The SMILES string of the molecule is NC1CN2CC(I)=CC=C2N1. The van der Waals surface area contributed by atoms with E-state index in [1.165, 1.54) is 3.58 Å². The number of rotatable bonds is 0. The Morgan fingerprint density at radius 2 is 2.45 bits per heavy atom. The van der Waals surface area contributed by atoms with E-state index in [-0.39, 0.29) is 6.17 Å². The molecule has 11 heavy (non-hydrogen) atoms. The third-order valence-electron chi connectivity index (χ3n) is 1.86. The quantitative estimate of drug-likeness (QED) is 0.620. The lowest BCUT2D eigenvalue weighted by atomic mass is 10.3. The van der Waals surface area contributed by atoms with Gasteiger partial charge in [0.15, 0.2) is 0 Å². The van der Waals surface area contributed by atoms with Gasteiger partial charge in [0.25, 0.3) is 0 Å². The molecule has 60 valence electrons. The van der Waals surface area contributed by atoms with Crippen molar-refractivity contribution in [3.05, 3.63) is 21.6 Å². The summed E-state index contributed by atoms with van der Waals surface area (Å²) >= 11 is 2.35. The van der Waals surface area contributed by atoms with E-state index in [9.17, 15) is 0 Å². The van der Waals surface area contributed by atoms with E-state index in [1.54, 1.807) is 0 Å². The van der Waals surface area contributed by atoms with Crippen LogP contribution >= 0.6 is 22.6 Å². The Morgan fingerprint density at radius 3 is 3.27 bits per heavy atom. The van der Waals surface area contributed by atoms with Crippen molar-refractivity contribution in [2.75, 3.05) is 13.1 Å². The van der Waals surface area contributed by atoms with Crippen molar-refractivity contribution in [3.63, 3.8) is 0 Å². The Labute approximate surface area is 79.4 Å². The molecule has 2 rings (SSSR count). The molecule has 2 heterocycles. The molecule has 0 aromatic heterocycles. The maximum Gasteiger partial charge on any atom is 0.103 e. The van der Waals surface area contributed by atoms with Gasteiger partial charge in [-0.05, 0) is 34.7 Å². The molecule has 0 aromatic rings. The number of nitrogens with zero attached hydrogens (tertiary/aromatic N) is 1. The van der Waals surface area contributed by atoms with Gasteiger partial charge in [-0.15, -0.1) is 0 Å². The first kappa shape index (κ1) is 7.42. The first-order chi connectivity index (χ1) is 5.25. The highest BCUT2D eigenvalue weighted by Crippen LogP contribution is 2.20. The highest BCUT2D eigenvalue weighted by atomic mass is 127. The van der Waals surface area contributed by atoms with Gasteiger partial charge in [-0.3, -0.25) is 0 Å². The molecule has 1 saturated heterocycles. The molecule has 0 spiro atoms. The maximum absolute atomic E-state index is 5.72. The molecule has 0 aliphatic carbocycles. The van der Waals surface area contributed by atoms with Crippen LogP contribution in [0.2, 0.25) is 0 Å². The lowest BCUT2D eigenvalue weighted by Crippen LogP contribution is -2.32. The molecule has 0 saturated carbocycles. The second-order valence-corrected chi connectivity index (χ2v) is 4.18. The fourth-order valence-corrected chi connectivity index (χ4v) is 1.96. The second kappa shape index (κ2) is 2.67. The van der Waals surface area contributed by atoms with Crippen molar-refractivity contribution in [1.29, 1.82) is 0 Å². The Morgan fingerprint density at radius 1 is 1.64 bits per heavy atom. The first-order valence-corrected chi connectivity index (χ1v) is 4.67. The first-order valence-electron chi connectivity index (χ1n) is 3.59. The molecule has 0 amide bonds. The van der Waals surface area contributed by atoms with E-state index in [0.717, 1.165) is 18.9 Å². The molecule has 1 atom stereocenters. The van der Waals surface area contributed by atoms with Crippen molar-refractivity contribution < 1.29 is 0 Å². The van der Waals surface area contributed by atoms with E-state index in [0.29, 0.717) is 0 Å². The topological polar surface area (TPSA) is 41.3 Å². The highest BCUT2D eigenvalue weighted by Gasteiger charge is 2.24. The zero-order valence-electron chi connectivity index (χ0n) is 6.05. The lowest BCUT2D eigenvalue weighted by Gasteiger charge is -2.20. The zero-order valence-corrected chi connectivity index (χ0v) is 8.21. The Kier molecular flexibility index (Phi) is 1.80. The smallest absolute Gasteiger partial charge is 0.103 e. The van der Waals surface area contributed by atoms with Crippen LogP contribution in [0.25, 0.3) is 0 Å².